The molecule has 208 valence electrons. The minimum Gasteiger partial charge on any atom is -0.502 e. The zero-order valence-corrected chi connectivity index (χ0v) is 22.6. The van der Waals surface area contributed by atoms with Crippen molar-refractivity contribution in [1.29, 1.82) is 0 Å². The standard InChI is InChI=1S/C24H26BrN5O9/c1-4-38-18-8-13(21-20(23(33)37-3)12(2)27-24(34)28-21)5-6-17(18)39-11-19(31)29-26-10-14-7-15(25)9-16(22(14)32)30(35)36/h5-10,19,21,29,31-32H,4,11H2,1-3H3,(H2,27,28,34)/b26-10+/t19-,21+/m0/s1. The first-order valence-corrected chi connectivity index (χ1v) is 12.2. The smallest absolute Gasteiger partial charge is 0.337 e. The number of hydrogen-bond donors (Lipinski definition) is 5. The largest absolute Gasteiger partial charge is 0.502 e. The van der Waals surface area contributed by atoms with Crippen LogP contribution in [0.25, 0.3) is 0 Å². The Morgan fingerprint density at radius 1 is 1.31 bits per heavy atom. The highest BCUT2D eigenvalue weighted by Crippen LogP contribution is 2.35. The number of carbonyl (C=O) groups is 2. The van der Waals surface area contributed by atoms with Crippen LogP contribution in [0.3, 0.4) is 0 Å². The van der Waals surface area contributed by atoms with Crippen molar-refractivity contribution in [3.05, 3.63) is 67.3 Å². The normalized spacial score (nSPS) is 15.8. The first-order chi connectivity index (χ1) is 18.5. The number of allylic oxidation sites excluding steroid dienone is 1. The van der Waals surface area contributed by atoms with Crippen molar-refractivity contribution in [1.82, 2.24) is 16.1 Å². The molecule has 1 aliphatic rings. The van der Waals surface area contributed by atoms with Gasteiger partial charge in [0.25, 0.3) is 0 Å². The van der Waals surface area contributed by atoms with E-state index in [-0.39, 0.29) is 30.1 Å². The SMILES string of the molecule is CCOc1cc([C@H]2NC(=O)NC(C)=C2C(=O)OC)ccc1OC[C@H](O)N/N=C/c1cc(Br)cc([N+](=O)[O-])c1O. The third-order valence-electron chi connectivity index (χ3n) is 5.38. The van der Waals surface area contributed by atoms with E-state index >= 15 is 0 Å². The number of nitro groups is 1. The average molecular weight is 608 g/mol. The molecule has 0 fully saturated rings. The molecule has 0 aliphatic carbocycles. The van der Waals surface area contributed by atoms with Gasteiger partial charge in [-0.3, -0.25) is 15.5 Å². The first-order valence-electron chi connectivity index (χ1n) is 11.4. The van der Waals surface area contributed by atoms with Crippen molar-refractivity contribution in [2.75, 3.05) is 20.3 Å². The Hall–Kier alpha value is -4.37. The molecule has 2 amide bonds. The molecule has 0 spiro atoms. The molecule has 2 aromatic rings. The Labute approximate surface area is 230 Å². The molecular formula is C24H26BrN5O9. The number of amides is 2. The van der Waals surface area contributed by atoms with Crippen molar-refractivity contribution in [3.8, 4) is 17.2 Å². The molecule has 3 rings (SSSR count). The van der Waals surface area contributed by atoms with Gasteiger partial charge in [-0.25, -0.2) is 9.59 Å². The van der Waals surface area contributed by atoms with Crippen molar-refractivity contribution in [3.63, 3.8) is 0 Å². The summed E-state index contributed by atoms with van der Waals surface area (Å²) in [5.41, 5.74) is 3.06. The number of hydrazone groups is 1. The van der Waals surface area contributed by atoms with Gasteiger partial charge in [0.2, 0.25) is 5.75 Å². The molecular weight excluding hydrogens is 582 g/mol. The van der Waals surface area contributed by atoms with Gasteiger partial charge in [0, 0.05) is 21.8 Å². The maximum Gasteiger partial charge on any atom is 0.337 e. The fourth-order valence-electron chi connectivity index (χ4n) is 3.66. The van der Waals surface area contributed by atoms with Crippen LogP contribution in [-0.2, 0) is 9.53 Å². The zero-order chi connectivity index (χ0) is 28.7. The lowest BCUT2D eigenvalue weighted by atomic mass is 9.95. The monoisotopic (exact) mass is 607 g/mol. The first kappa shape index (κ1) is 29.2. The Kier molecular flexibility index (Phi) is 9.68. The molecule has 1 aliphatic heterocycles. The molecule has 0 saturated heterocycles. The highest BCUT2D eigenvalue weighted by atomic mass is 79.9. The molecule has 0 unspecified atom stereocenters. The molecule has 0 radical (unpaired) electrons. The number of ether oxygens (including phenoxy) is 3. The summed E-state index contributed by atoms with van der Waals surface area (Å²) in [5, 5.41) is 40.4. The van der Waals surface area contributed by atoms with Gasteiger partial charge >= 0.3 is 17.7 Å². The predicted octanol–water partition coefficient (Wildman–Crippen LogP) is 2.58. The number of nitrogens with zero attached hydrogens (tertiary/aromatic N) is 2. The Morgan fingerprint density at radius 3 is 2.72 bits per heavy atom. The van der Waals surface area contributed by atoms with Gasteiger partial charge in [0.15, 0.2) is 17.7 Å². The lowest BCUT2D eigenvalue weighted by molar-refractivity contribution is -0.385. The summed E-state index contributed by atoms with van der Waals surface area (Å²) in [5.74, 6) is -0.618. The van der Waals surface area contributed by atoms with Crippen LogP contribution in [0, 0.1) is 10.1 Å². The van der Waals surface area contributed by atoms with E-state index in [0.717, 1.165) is 12.3 Å². The van der Waals surface area contributed by atoms with Crippen LogP contribution in [0.4, 0.5) is 10.5 Å². The number of benzene rings is 2. The van der Waals surface area contributed by atoms with Gasteiger partial charge in [0.05, 0.1) is 36.5 Å². The quantitative estimate of drug-likeness (QED) is 0.0832. The number of aromatic hydroxyl groups is 1. The van der Waals surface area contributed by atoms with Gasteiger partial charge in [-0.05, 0) is 37.6 Å². The lowest BCUT2D eigenvalue weighted by Crippen LogP contribution is -2.45. The summed E-state index contributed by atoms with van der Waals surface area (Å²) in [7, 11) is 1.24. The molecule has 2 aromatic carbocycles. The Bertz CT molecular complexity index is 1330. The summed E-state index contributed by atoms with van der Waals surface area (Å²) >= 11 is 3.13. The van der Waals surface area contributed by atoms with Crippen molar-refractivity contribution >= 4 is 39.8 Å². The molecule has 0 aromatic heterocycles. The second kappa shape index (κ2) is 12.9. The molecule has 39 heavy (non-hydrogen) atoms. The number of esters is 1. The lowest BCUT2D eigenvalue weighted by Gasteiger charge is -2.28. The van der Waals surface area contributed by atoms with E-state index in [1.54, 1.807) is 32.0 Å². The number of nitro benzene ring substituents is 1. The third-order valence-corrected chi connectivity index (χ3v) is 5.84. The molecule has 14 nitrogen and oxygen atoms in total. The van der Waals surface area contributed by atoms with E-state index in [4.69, 9.17) is 14.2 Å². The van der Waals surface area contributed by atoms with E-state index in [1.807, 2.05) is 0 Å². The summed E-state index contributed by atoms with van der Waals surface area (Å²) < 4.78 is 16.6. The van der Waals surface area contributed by atoms with Crippen molar-refractivity contribution in [2.24, 2.45) is 5.10 Å². The topological polar surface area (TPSA) is 194 Å². The molecule has 2 atom stereocenters. The Balaban J connectivity index is 1.72. The number of phenols is 1. The molecule has 15 heteroatoms. The number of rotatable bonds is 11. The number of methoxy groups -OCH3 is 1. The molecule has 0 bridgehead atoms. The maximum absolute atomic E-state index is 12.4. The average Bonchev–Trinajstić information content (AvgIpc) is 2.88. The van der Waals surface area contributed by atoms with Crippen LogP contribution < -0.4 is 25.5 Å². The molecule has 5 N–H and O–H groups in total. The number of urea groups is 1. The maximum atomic E-state index is 12.4. The van der Waals surface area contributed by atoms with E-state index in [2.05, 4.69) is 37.1 Å². The van der Waals surface area contributed by atoms with E-state index < -0.39 is 40.6 Å². The van der Waals surface area contributed by atoms with Gasteiger partial charge in [-0.15, -0.1) is 0 Å². The number of aliphatic hydroxyl groups excluding tert-OH is 1. The van der Waals surface area contributed by atoms with Crippen LogP contribution in [0.1, 0.15) is 31.0 Å². The van der Waals surface area contributed by atoms with Crippen LogP contribution in [-0.4, -0.2) is 59.9 Å². The number of halogens is 1. The number of aliphatic hydroxyl groups is 1. The van der Waals surface area contributed by atoms with Crippen LogP contribution in [0.5, 0.6) is 17.2 Å². The summed E-state index contributed by atoms with van der Waals surface area (Å²) in [6.45, 7) is 3.36. The summed E-state index contributed by atoms with van der Waals surface area (Å²) in [6, 6.07) is 6.08. The van der Waals surface area contributed by atoms with Gasteiger partial charge in [-0.1, -0.05) is 22.0 Å². The highest BCUT2D eigenvalue weighted by Gasteiger charge is 2.32. The van der Waals surface area contributed by atoms with E-state index in [1.165, 1.54) is 13.2 Å². The fraction of sp³-hybridized carbons (Fsp3) is 0.292. The minimum atomic E-state index is -1.31. The van der Waals surface area contributed by atoms with Gasteiger partial charge in [-0.2, -0.15) is 5.10 Å². The van der Waals surface area contributed by atoms with Crippen LogP contribution in [0.2, 0.25) is 0 Å². The van der Waals surface area contributed by atoms with Crippen LogP contribution >= 0.6 is 15.9 Å². The number of hydrogen-bond acceptors (Lipinski definition) is 11. The number of carbonyl (C=O) groups excluding carboxylic acids is 2. The highest BCUT2D eigenvalue weighted by molar-refractivity contribution is 9.10. The number of phenolic OH excluding ortho intramolecular Hbond substituents is 1. The summed E-state index contributed by atoms with van der Waals surface area (Å²) in [4.78, 5) is 34.8. The van der Waals surface area contributed by atoms with Crippen molar-refractivity contribution in [2.45, 2.75) is 26.1 Å². The third kappa shape index (κ3) is 7.14. The van der Waals surface area contributed by atoms with Crippen molar-refractivity contribution < 1.29 is 38.9 Å². The molecule has 0 saturated carbocycles. The van der Waals surface area contributed by atoms with E-state index in [9.17, 15) is 29.9 Å². The fourth-order valence-corrected chi connectivity index (χ4v) is 4.12. The van der Waals surface area contributed by atoms with Gasteiger partial charge in [0.1, 0.15) is 6.61 Å². The van der Waals surface area contributed by atoms with E-state index in [0.29, 0.717) is 21.5 Å². The van der Waals surface area contributed by atoms with Gasteiger partial charge < -0.3 is 35.1 Å². The zero-order valence-electron chi connectivity index (χ0n) is 21.1. The minimum absolute atomic E-state index is 0.0477. The number of nitrogens with one attached hydrogen (secondary N) is 3. The second-order valence-electron chi connectivity index (χ2n) is 8.03. The predicted molar refractivity (Wildman–Crippen MR) is 141 cm³/mol. The molecule has 1 heterocycles. The summed E-state index contributed by atoms with van der Waals surface area (Å²) in [6.07, 6.45) is -0.196. The second-order valence-corrected chi connectivity index (χ2v) is 8.95. The Morgan fingerprint density at radius 2 is 2.05 bits per heavy atom. The van der Waals surface area contributed by atoms with Crippen LogP contribution in [0.15, 0.2) is 51.2 Å².